The van der Waals surface area contributed by atoms with Crippen molar-refractivity contribution in [3.63, 3.8) is 0 Å². The normalized spacial score (nSPS) is 10.4. The second-order valence-corrected chi connectivity index (χ2v) is 5.81. The number of rotatable bonds is 7. The molecule has 0 aromatic carbocycles. The molecule has 2 aromatic rings. The lowest BCUT2D eigenvalue weighted by Gasteiger charge is -2.10. The molecule has 0 spiro atoms. The lowest BCUT2D eigenvalue weighted by atomic mass is 10.1. The highest BCUT2D eigenvalue weighted by atomic mass is 32.1. The van der Waals surface area contributed by atoms with Crippen LogP contribution in [0, 0.1) is 0 Å². The molecule has 5 heteroatoms. The van der Waals surface area contributed by atoms with Gasteiger partial charge in [0.15, 0.2) is 0 Å². The smallest absolute Gasteiger partial charge is 0.251 e. The molecule has 4 nitrogen and oxygen atoms in total. The molecule has 2 heterocycles. The Labute approximate surface area is 129 Å². The van der Waals surface area contributed by atoms with E-state index in [1.54, 1.807) is 11.3 Å². The van der Waals surface area contributed by atoms with Crippen LogP contribution in [0.1, 0.15) is 41.2 Å². The molecule has 0 unspecified atom stereocenters. The molecule has 2 rings (SSSR count). The number of carbonyl (C=O) groups excluding carboxylic acids is 1. The molecule has 0 bridgehead atoms. The second kappa shape index (κ2) is 7.78. The van der Waals surface area contributed by atoms with Crippen molar-refractivity contribution in [2.45, 2.75) is 33.2 Å². The number of nitrogens with one attached hydrogen (secondary N) is 2. The van der Waals surface area contributed by atoms with E-state index in [2.05, 4.69) is 22.5 Å². The molecule has 0 saturated carbocycles. The van der Waals surface area contributed by atoms with Crippen LogP contribution in [0.25, 0.3) is 0 Å². The Hall–Kier alpha value is -1.88. The predicted octanol–water partition coefficient (Wildman–Crippen LogP) is 3.46. The maximum atomic E-state index is 12.3. The van der Waals surface area contributed by atoms with Crippen LogP contribution in [-0.4, -0.2) is 17.4 Å². The number of carbonyl (C=O) groups is 1. The van der Waals surface area contributed by atoms with Crippen LogP contribution in [0.15, 0.2) is 29.6 Å². The van der Waals surface area contributed by atoms with E-state index in [9.17, 15) is 4.79 Å². The molecule has 2 aromatic heterocycles. The van der Waals surface area contributed by atoms with Crippen molar-refractivity contribution in [3.05, 3.63) is 45.8 Å². The topological polar surface area (TPSA) is 54.0 Å². The zero-order chi connectivity index (χ0) is 15.1. The Kier molecular flexibility index (Phi) is 5.75. The van der Waals surface area contributed by atoms with Gasteiger partial charge in [-0.25, -0.2) is 4.98 Å². The third-order valence-corrected chi connectivity index (χ3v) is 3.94. The summed E-state index contributed by atoms with van der Waals surface area (Å²) >= 11 is 1.64. The first-order chi connectivity index (χ1) is 10.2. The number of aromatic nitrogens is 1. The molecule has 0 atom stereocenters. The summed E-state index contributed by atoms with van der Waals surface area (Å²) in [5.41, 5.74) is 1.59. The standard InChI is InChI=1S/C16H21N3OS/c1-3-7-17-15-10-12(9-13(4-2)19-15)16(20)18-11-14-6-5-8-21-14/h5-6,8-10H,3-4,7,11H2,1-2H3,(H,17,19)(H,18,20). The number of hydrogen-bond donors (Lipinski definition) is 2. The van der Waals surface area contributed by atoms with E-state index in [1.807, 2.05) is 36.6 Å². The zero-order valence-corrected chi connectivity index (χ0v) is 13.3. The largest absolute Gasteiger partial charge is 0.370 e. The predicted molar refractivity (Wildman–Crippen MR) is 87.9 cm³/mol. The first kappa shape index (κ1) is 15.5. The van der Waals surface area contributed by atoms with Crippen LogP contribution < -0.4 is 10.6 Å². The molecule has 0 aliphatic heterocycles. The molecular formula is C16H21N3OS. The summed E-state index contributed by atoms with van der Waals surface area (Å²) in [4.78, 5) is 17.9. The van der Waals surface area contributed by atoms with Crippen LogP contribution in [-0.2, 0) is 13.0 Å². The summed E-state index contributed by atoms with van der Waals surface area (Å²) < 4.78 is 0. The van der Waals surface area contributed by atoms with Crippen molar-refractivity contribution in [2.24, 2.45) is 0 Å². The quantitative estimate of drug-likeness (QED) is 0.823. The van der Waals surface area contributed by atoms with Crippen LogP contribution in [0.2, 0.25) is 0 Å². The highest BCUT2D eigenvalue weighted by molar-refractivity contribution is 7.09. The lowest BCUT2D eigenvalue weighted by Crippen LogP contribution is -2.23. The third kappa shape index (κ3) is 4.56. The minimum atomic E-state index is -0.0555. The number of aryl methyl sites for hydroxylation is 1. The van der Waals surface area contributed by atoms with Gasteiger partial charge in [0.2, 0.25) is 0 Å². The highest BCUT2D eigenvalue weighted by Gasteiger charge is 2.09. The van der Waals surface area contributed by atoms with E-state index in [0.29, 0.717) is 12.1 Å². The number of pyridine rings is 1. The van der Waals surface area contributed by atoms with E-state index >= 15 is 0 Å². The van der Waals surface area contributed by atoms with Crippen molar-refractivity contribution in [2.75, 3.05) is 11.9 Å². The maximum absolute atomic E-state index is 12.3. The van der Waals surface area contributed by atoms with Gasteiger partial charge in [-0.2, -0.15) is 0 Å². The third-order valence-electron chi connectivity index (χ3n) is 3.06. The first-order valence-corrected chi connectivity index (χ1v) is 8.16. The molecule has 112 valence electrons. The molecule has 0 saturated heterocycles. The van der Waals surface area contributed by atoms with Crippen LogP contribution in [0.4, 0.5) is 5.82 Å². The number of amides is 1. The van der Waals surface area contributed by atoms with Gasteiger partial charge in [-0.15, -0.1) is 11.3 Å². The van der Waals surface area contributed by atoms with Gasteiger partial charge >= 0.3 is 0 Å². The number of thiophene rings is 1. The van der Waals surface area contributed by atoms with Crippen molar-refractivity contribution in [1.29, 1.82) is 0 Å². The van der Waals surface area contributed by atoms with Gasteiger partial charge in [0.1, 0.15) is 5.82 Å². The van der Waals surface area contributed by atoms with E-state index in [4.69, 9.17) is 0 Å². The van der Waals surface area contributed by atoms with Crippen LogP contribution >= 0.6 is 11.3 Å². The molecule has 21 heavy (non-hydrogen) atoms. The number of hydrogen-bond acceptors (Lipinski definition) is 4. The minimum absolute atomic E-state index is 0.0555. The molecule has 0 aliphatic rings. The summed E-state index contributed by atoms with van der Waals surface area (Å²) in [7, 11) is 0. The van der Waals surface area contributed by atoms with E-state index < -0.39 is 0 Å². The monoisotopic (exact) mass is 303 g/mol. The second-order valence-electron chi connectivity index (χ2n) is 4.77. The van der Waals surface area contributed by atoms with Crippen molar-refractivity contribution in [1.82, 2.24) is 10.3 Å². The lowest BCUT2D eigenvalue weighted by molar-refractivity contribution is 0.0951. The first-order valence-electron chi connectivity index (χ1n) is 7.28. The molecule has 0 fully saturated rings. The van der Waals surface area contributed by atoms with Gasteiger partial charge in [0.25, 0.3) is 5.91 Å². The fraction of sp³-hybridized carbons (Fsp3) is 0.375. The highest BCUT2D eigenvalue weighted by Crippen LogP contribution is 2.13. The fourth-order valence-electron chi connectivity index (χ4n) is 1.93. The van der Waals surface area contributed by atoms with Gasteiger partial charge in [0, 0.05) is 22.7 Å². The minimum Gasteiger partial charge on any atom is -0.370 e. The average molecular weight is 303 g/mol. The van der Waals surface area contributed by atoms with E-state index in [-0.39, 0.29) is 5.91 Å². The van der Waals surface area contributed by atoms with Gasteiger partial charge in [0.05, 0.1) is 6.54 Å². The van der Waals surface area contributed by atoms with Gasteiger partial charge < -0.3 is 10.6 Å². The van der Waals surface area contributed by atoms with Gasteiger partial charge in [-0.1, -0.05) is 19.9 Å². The SMILES string of the molecule is CCCNc1cc(C(=O)NCc2cccs2)cc(CC)n1. The molecule has 0 radical (unpaired) electrons. The van der Waals surface area contributed by atoms with Crippen molar-refractivity contribution < 1.29 is 4.79 Å². The Morgan fingerprint density at radius 2 is 2.19 bits per heavy atom. The zero-order valence-electron chi connectivity index (χ0n) is 12.5. The number of anilines is 1. The summed E-state index contributed by atoms with van der Waals surface area (Å²) in [6.45, 7) is 5.57. The molecule has 2 N–H and O–H groups in total. The summed E-state index contributed by atoms with van der Waals surface area (Å²) in [5, 5.41) is 8.21. The van der Waals surface area contributed by atoms with Gasteiger partial charge in [-0.05, 0) is 36.4 Å². The van der Waals surface area contributed by atoms with E-state index in [0.717, 1.165) is 35.8 Å². The maximum Gasteiger partial charge on any atom is 0.251 e. The molecule has 1 amide bonds. The van der Waals surface area contributed by atoms with Gasteiger partial charge in [-0.3, -0.25) is 4.79 Å². The number of nitrogens with zero attached hydrogens (tertiary/aromatic N) is 1. The molecule has 0 aliphatic carbocycles. The summed E-state index contributed by atoms with van der Waals surface area (Å²) in [5.74, 6) is 0.720. The Bertz CT molecular complexity index is 581. The van der Waals surface area contributed by atoms with Crippen molar-refractivity contribution >= 4 is 23.1 Å². The van der Waals surface area contributed by atoms with E-state index in [1.165, 1.54) is 0 Å². The van der Waals surface area contributed by atoms with Crippen LogP contribution in [0.5, 0.6) is 0 Å². The Morgan fingerprint density at radius 3 is 2.86 bits per heavy atom. The van der Waals surface area contributed by atoms with Crippen molar-refractivity contribution in [3.8, 4) is 0 Å². The molecular weight excluding hydrogens is 282 g/mol. The van der Waals surface area contributed by atoms with Crippen LogP contribution in [0.3, 0.4) is 0 Å². The Morgan fingerprint density at radius 1 is 1.33 bits per heavy atom. The summed E-state index contributed by atoms with van der Waals surface area (Å²) in [6.07, 6.45) is 1.84. The Balaban J connectivity index is 2.07. The fourth-order valence-corrected chi connectivity index (χ4v) is 2.57. The summed E-state index contributed by atoms with van der Waals surface area (Å²) in [6, 6.07) is 7.68. The average Bonchev–Trinajstić information content (AvgIpc) is 3.03.